The minimum absolute atomic E-state index is 0.213. The number of hydrogen-bond acceptors (Lipinski definition) is 2. The summed E-state index contributed by atoms with van der Waals surface area (Å²) in [5.41, 5.74) is 11.0. The third kappa shape index (κ3) is 3.03. The fourth-order valence-corrected chi connectivity index (χ4v) is 4.17. The standard InChI is InChI=1S/C16H28N2S/c1-6-19-10-12(3)18-11(2)7-13-14(17)8-16(4,5)9-15(13)18/h7,12,14H,6,8-10,17H2,1-5H3. The Hall–Kier alpha value is -0.410. The zero-order valence-corrected chi connectivity index (χ0v) is 13.8. The fourth-order valence-electron chi connectivity index (χ4n) is 3.45. The molecule has 0 aliphatic heterocycles. The second kappa shape index (κ2) is 5.53. The van der Waals surface area contributed by atoms with Crippen LogP contribution in [-0.4, -0.2) is 16.1 Å². The van der Waals surface area contributed by atoms with E-state index in [1.807, 2.05) is 11.8 Å². The van der Waals surface area contributed by atoms with Gasteiger partial charge in [0.1, 0.15) is 0 Å². The predicted octanol–water partition coefficient (Wildman–Crippen LogP) is 4.08. The molecule has 0 bridgehead atoms. The zero-order valence-electron chi connectivity index (χ0n) is 13.0. The van der Waals surface area contributed by atoms with Crippen LogP contribution >= 0.6 is 11.8 Å². The van der Waals surface area contributed by atoms with Crippen molar-refractivity contribution in [3.05, 3.63) is 23.0 Å². The normalized spacial score (nSPS) is 23.2. The van der Waals surface area contributed by atoms with Crippen molar-refractivity contribution in [1.82, 2.24) is 4.57 Å². The minimum atomic E-state index is 0.213. The molecule has 2 N–H and O–H groups in total. The molecule has 2 rings (SSSR count). The summed E-state index contributed by atoms with van der Waals surface area (Å²) < 4.78 is 2.54. The summed E-state index contributed by atoms with van der Waals surface area (Å²) in [6.07, 6.45) is 2.26. The Morgan fingerprint density at radius 1 is 1.53 bits per heavy atom. The molecule has 0 spiro atoms. The van der Waals surface area contributed by atoms with Crippen molar-refractivity contribution in [3.63, 3.8) is 0 Å². The molecular formula is C16H28N2S. The first-order valence-electron chi connectivity index (χ1n) is 7.39. The fraction of sp³-hybridized carbons (Fsp3) is 0.750. The number of nitrogens with two attached hydrogens (primary N) is 1. The van der Waals surface area contributed by atoms with Gasteiger partial charge in [0.25, 0.3) is 0 Å². The maximum atomic E-state index is 6.39. The quantitative estimate of drug-likeness (QED) is 0.901. The van der Waals surface area contributed by atoms with E-state index in [9.17, 15) is 0 Å². The molecule has 1 aliphatic rings. The highest BCUT2D eigenvalue weighted by Gasteiger charge is 2.33. The van der Waals surface area contributed by atoms with E-state index in [0.29, 0.717) is 11.5 Å². The summed E-state index contributed by atoms with van der Waals surface area (Å²) in [6, 6.07) is 3.10. The van der Waals surface area contributed by atoms with Gasteiger partial charge in [0.2, 0.25) is 0 Å². The number of hydrogen-bond donors (Lipinski definition) is 1. The Balaban J connectivity index is 2.35. The third-order valence-corrected chi connectivity index (χ3v) is 5.32. The molecule has 0 aromatic carbocycles. The Labute approximate surface area is 122 Å². The van der Waals surface area contributed by atoms with Crippen molar-refractivity contribution in [2.45, 2.75) is 59.5 Å². The van der Waals surface area contributed by atoms with Gasteiger partial charge in [-0.1, -0.05) is 20.8 Å². The average molecular weight is 280 g/mol. The Kier molecular flexibility index (Phi) is 4.36. The number of fused-ring (bicyclic) bond motifs is 1. The lowest BCUT2D eigenvalue weighted by Gasteiger charge is -2.35. The van der Waals surface area contributed by atoms with Crippen LogP contribution in [-0.2, 0) is 6.42 Å². The molecule has 108 valence electrons. The van der Waals surface area contributed by atoms with E-state index in [2.05, 4.69) is 45.3 Å². The summed E-state index contributed by atoms with van der Waals surface area (Å²) in [5.74, 6) is 2.38. The Morgan fingerprint density at radius 2 is 2.21 bits per heavy atom. The number of rotatable bonds is 4. The van der Waals surface area contributed by atoms with Crippen LogP contribution in [0.2, 0.25) is 0 Å². The maximum absolute atomic E-state index is 6.39. The largest absolute Gasteiger partial charge is 0.345 e. The van der Waals surface area contributed by atoms with Gasteiger partial charge in [-0.25, -0.2) is 0 Å². The van der Waals surface area contributed by atoms with Crippen molar-refractivity contribution >= 4 is 11.8 Å². The van der Waals surface area contributed by atoms with Gasteiger partial charge in [-0.3, -0.25) is 0 Å². The second-order valence-corrected chi connectivity index (χ2v) is 8.04. The zero-order chi connectivity index (χ0) is 14.2. The lowest BCUT2D eigenvalue weighted by atomic mass is 9.74. The van der Waals surface area contributed by atoms with Gasteiger partial charge < -0.3 is 10.3 Å². The molecule has 1 heterocycles. The molecule has 0 saturated heterocycles. The number of aromatic nitrogens is 1. The van der Waals surface area contributed by atoms with Crippen LogP contribution in [0.5, 0.6) is 0 Å². The van der Waals surface area contributed by atoms with Crippen LogP contribution in [0.25, 0.3) is 0 Å². The lowest BCUT2D eigenvalue weighted by molar-refractivity contribution is 0.273. The molecule has 0 amide bonds. The summed E-state index contributed by atoms with van der Waals surface area (Å²) in [4.78, 5) is 0. The highest BCUT2D eigenvalue weighted by Crippen LogP contribution is 2.42. The van der Waals surface area contributed by atoms with Gasteiger partial charge in [-0.2, -0.15) is 11.8 Å². The molecule has 1 aromatic rings. The lowest BCUT2D eigenvalue weighted by Crippen LogP contribution is -2.31. The van der Waals surface area contributed by atoms with Gasteiger partial charge >= 0.3 is 0 Å². The number of thioether (sulfide) groups is 1. The third-order valence-electron chi connectivity index (χ3n) is 4.19. The molecule has 1 aromatic heterocycles. The van der Waals surface area contributed by atoms with E-state index in [0.717, 1.165) is 12.8 Å². The SMILES string of the molecule is CCSCC(C)n1c(C)cc2c1CC(C)(C)CC2N. The van der Waals surface area contributed by atoms with Gasteiger partial charge in [0.15, 0.2) is 0 Å². The molecule has 1 aliphatic carbocycles. The number of aryl methyl sites for hydroxylation is 1. The minimum Gasteiger partial charge on any atom is -0.345 e. The van der Waals surface area contributed by atoms with Crippen molar-refractivity contribution in [3.8, 4) is 0 Å². The molecule has 2 atom stereocenters. The molecule has 0 saturated carbocycles. The summed E-state index contributed by atoms with van der Waals surface area (Å²) in [5, 5.41) is 0. The summed E-state index contributed by atoms with van der Waals surface area (Å²) >= 11 is 2.02. The van der Waals surface area contributed by atoms with E-state index < -0.39 is 0 Å². The van der Waals surface area contributed by atoms with E-state index in [1.54, 1.807) is 0 Å². The maximum Gasteiger partial charge on any atom is 0.0398 e. The van der Waals surface area contributed by atoms with Gasteiger partial charge in [-0.15, -0.1) is 0 Å². The van der Waals surface area contributed by atoms with Crippen molar-refractivity contribution in [2.75, 3.05) is 11.5 Å². The number of nitrogens with zero attached hydrogens (tertiary/aromatic N) is 1. The van der Waals surface area contributed by atoms with E-state index in [-0.39, 0.29) is 6.04 Å². The highest BCUT2D eigenvalue weighted by atomic mass is 32.2. The first-order chi connectivity index (χ1) is 8.85. The molecule has 3 heteroatoms. The van der Waals surface area contributed by atoms with Crippen molar-refractivity contribution < 1.29 is 0 Å². The summed E-state index contributed by atoms with van der Waals surface area (Å²) in [6.45, 7) is 11.5. The van der Waals surface area contributed by atoms with Crippen molar-refractivity contribution in [2.24, 2.45) is 11.1 Å². The Bertz CT molecular complexity index is 448. The van der Waals surface area contributed by atoms with Crippen LogP contribution in [0, 0.1) is 12.3 Å². The molecule has 2 unspecified atom stereocenters. The average Bonchev–Trinajstić information content (AvgIpc) is 2.61. The van der Waals surface area contributed by atoms with E-state index in [4.69, 9.17) is 5.73 Å². The molecule has 0 fully saturated rings. The van der Waals surface area contributed by atoms with Crippen LogP contribution in [0.15, 0.2) is 6.07 Å². The predicted molar refractivity (Wildman–Crippen MR) is 85.9 cm³/mol. The topological polar surface area (TPSA) is 30.9 Å². The van der Waals surface area contributed by atoms with Crippen LogP contribution in [0.1, 0.15) is 63.2 Å². The van der Waals surface area contributed by atoms with Gasteiger partial charge in [-0.05, 0) is 49.5 Å². The Morgan fingerprint density at radius 3 is 2.84 bits per heavy atom. The molecule has 2 nitrogen and oxygen atoms in total. The summed E-state index contributed by atoms with van der Waals surface area (Å²) in [7, 11) is 0. The van der Waals surface area contributed by atoms with E-state index >= 15 is 0 Å². The van der Waals surface area contributed by atoms with Crippen LogP contribution in [0.4, 0.5) is 0 Å². The van der Waals surface area contributed by atoms with E-state index in [1.165, 1.54) is 28.5 Å². The smallest absolute Gasteiger partial charge is 0.0398 e. The highest BCUT2D eigenvalue weighted by molar-refractivity contribution is 7.99. The second-order valence-electron chi connectivity index (χ2n) is 6.72. The molecular weight excluding hydrogens is 252 g/mol. The first kappa shape index (κ1) is 15.0. The van der Waals surface area contributed by atoms with Crippen molar-refractivity contribution in [1.29, 1.82) is 0 Å². The molecule has 19 heavy (non-hydrogen) atoms. The monoisotopic (exact) mass is 280 g/mol. The van der Waals surface area contributed by atoms with Crippen LogP contribution in [0.3, 0.4) is 0 Å². The first-order valence-corrected chi connectivity index (χ1v) is 8.55. The van der Waals surface area contributed by atoms with Gasteiger partial charge in [0, 0.05) is 29.2 Å². The molecule has 0 radical (unpaired) electrons. The van der Waals surface area contributed by atoms with Gasteiger partial charge in [0.05, 0.1) is 0 Å². The van der Waals surface area contributed by atoms with Crippen LogP contribution < -0.4 is 5.73 Å².